The molecule has 1 aromatic heterocycles. The lowest BCUT2D eigenvalue weighted by atomic mass is 10.1. The highest BCUT2D eigenvalue weighted by molar-refractivity contribution is 6.14. The van der Waals surface area contributed by atoms with Crippen LogP contribution in [-0.4, -0.2) is 21.4 Å². The highest BCUT2D eigenvalue weighted by Crippen LogP contribution is 2.26. The highest BCUT2D eigenvalue weighted by atomic mass is 19.1. The molecule has 0 aliphatic carbocycles. The van der Waals surface area contributed by atoms with Gasteiger partial charge in [-0.1, -0.05) is 60.7 Å². The Kier molecular flexibility index (Phi) is 5.03. The number of urea groups is 1. The fraction of sp³-hybridized carbons (Fsp3) is 0.0769. The van der Waals surface area contributed by atoms with Crippen LogP contribution < -0.4 is 5.32 Å². The maximum Gasteiger partial charge on any atom is 0.329 e. The molecular formula is C26H20FN3O2. The number of carbonyl (C=O) groups is 2. The van der Waals surface area contributed by atoms with Gasteiger partial charge in [0.15, 0.2) is 0 Å². The number of aromatic nitrogens is 1. The number of carbonyl (C=O) groups excluding carboxylic acids is 2. The fourth-order valence-electron chi connectivity index (χ4n) is 3.94. The summed E-state index contributed by atoms with van der Waals surface area (Å²) in [5, 5.41) is 3.66. The summed E-state index contributed by atoms with van der Waals surface area (Å²) in [4.78, 5) is 26.6. The summed E-state index contributed by atoms with van der Waals surface area (Å²) in [7, 11) is 0. The lowest BCUT2D eigenvalue weighted by molar-refractivity contribution is -0.123. The second-order valence-corrected chi connectivity index (χ2v) is 7.72. The number of nitrogens with one attached hydrogen (secondary N) is 1. The van der Waals surface area contributed by atoms with Gasteiger partial charge in [0.25, 0.3) is 5.91 Å². The van der Waals surface area contributed by atoms with Gasteiger partial charge in [0.2, 0.25) is 0 Å². The number of halogens is 1. The second kappa shape index (κ2) is 8.15. The Bertz CT molecular complexity index is 1340. The van der Waals surface area contributed by atoms with Crippen molar-refractivity contribution in [1.29, 1.82) is 0 Å². The molecule has 6 heteroatoms. The topological polar surface area (TPSA) is 54.3 Å². The highest BCUT2D eigenvalue weighted by Gasteiger charge is 2.33. The summed E-state index contributed by atoms with van der Waals surface area (Å²) in [6.07, 6.45) is 3.66. The van der Waals surface area contributed by atoms with Crippen molar-refractivity contribution in [2.24, 2.45) is 0 Å². The number of nitrogens with zero attached hydrogens (tertiary/aromatic N) is 2. The Hall–Kier alpha value is -4.19. The molecule has 0 bridgehead atoms. The first kappa shape index (κ1) is 19.8. The Morgan fingerprint density at radius 1 is 0.812 bits per heavy atom. The van der Waals surface area contributed by atoms with Gasteiger partial charge in [-0.25, -0.2) is 9.18 Å². The number of amides is 3. The van der Waals surface area contributed by atoms with Crippen molar-refractivity contribution >= 4 is 28.9 Å². The summed E-state index contributed by atoms with van der Waals surface area (Å²) in [6, 6.07) is 23.2. The zero-order valence-corrected chi connectivity index (χ0v) is 17.2. The second-order valence-electron chi connectivity index (χ2n) is 7.72. The van der Waals surface area contributed by atoms with Gasteiger partial charge in [0, 0.05) is 29.2 Å². The summed E-state index contributed by atoms with van der Waals surface area (Å²) in [5.74, 6) is -0.624. The average Bonchev–Trinajstić information content (AvgIpc) is 3.28. The van der Waals surface area contributed by atoms with E-state index in [4.69, 9.17) is 0 Å². The molecule has 3 amide bonds. The molecule has 4 aromatic rings. The predicted molar refractivity (Wildman–Crippen MR) is 121 cm³/mol. The largest absolute Gasteiger partial charge is 0.342 e. The average molecular weight is 425 g/mol. The van der Waals surface area contributed by atoms with Crippen molar-refractivity contribution in [3.8, 4) is 0 Å². The standard InChI is InChI=1S/C26H20FN3O2/c27-21-12-10-19(11-13-21)15-29-17-20(22-8-4-5-9-24(22)29)14-23-25(31)30(26(32)28-23)16-18-6-2-1-3-7-18/h1-14,17H,15-16H2,(H,28,32)/b23-14+. The summed E-state index contributed by atoms with van der Waals surface area (Å²) < 4.78 is 15.3. The first-order valence-corrected chi connectivity index (χ1v) is 10.3. The summed E-state index contributed by atoms with van der Waals surface area (Å²) >= 11 is 0. The molecule has 158 valence electrons. The lowest BCUT2D eigenvalue weighted by Gasteiger charge is -2.11. The normalized spacial score (nSPS) is 15.0. The number of para-hydroxylation sites is 1. The minimum absolute atomic E-state index is 0.217. The first-order valence-electron chi connectivity index (χ1n) is 10.3. The fourth-order valence-corrected chi connectivity index (χ4v) is 3.94. The maximum atomic E-state index is 13.3. The van der Waals surface area contributed by atoms with Crippen LogP contribution in [0.5, 0.6) is 0 Å². The van der Waals surface area contributed by atoms with Crippen molar-refractivity contribution in [2.45, 2.75) is 13.1 Å². The van der Waals surface area contributed by atoms with Gasteiger partial charge in [-0.2, -0.15) is 0 Å². The predicted octanol–water partition coefficient (Wildman–Crippen LogP) is 4.92. The molecule has 0 atom stereocenters. The van der Waals surface area contributed by atoms with Crippen LogP contribution in [0.4, 0.5) is 9.18 Å². The van der Waals surface area contributed by atoms with Crippen LogP contribution in [0.3, 0.4) is 0 Å². The van der Waals surface area contributed by atoms with Crippen molar-refractivity contribution in [1.82, 2.24) is 14.8 Å². The molecule has 2 heterocycles. The number of hydrogen-bond acceptors (Lipinski definition) is 2. The molecule has 3 aromatic carbocycles. The molecule has 5 nitrogen and oxygen atoms in total. The number of rotatable bonds is 5. The van der Waals surface area contributed by atoms with E-state index < -0.39 is 6.03 Å². The molecule has 1 aliphatic rings. The third kappa shape index (κ3) is 3.78. The third-order valence-electron chi connectivity index (χ3n) is 5.53. The number of hydrogen-bond donors (Lipinski definition) is 1. The van der Waals surface area contributed by atoms with Gasteiger partial charge in [-0.3, -0.25) is 9.69 Å². The van der Waals surface area contributed by atoms with Gasteiger partial charge in [0.05, 0.1) is 6.54 Å². The molecule has 1 aliphatic heterocycles. The van der Waals surface area contributed by atoms with Crippen molar-refractivity contribution in [2.75, 3.05) is 0 Å². The van der Waals surface area contributed by atoms with Gasteiger partial charge in [0.1, 0.15) is 11.5 Å². The molecule has 0 saturated carbocycles. The van der Waals surface area contributed by atoms with Crippen LogP contribution in [0.25, 0.3) is 17.0 Å². The number of imide groups is 1. The first-order chi connectivity index (χ1) is 15.6. The zero-order chi connectivity index (χ0) is 22.1. The van der Waals surface area contributed by atoms with Crippen LogP contribution in [-0.2, 0) is 17.9 Å². The minimum atomic E-state index is -0.430. The Labute approximate surface area is 184 Å². The van der Waals surface area contributed by atoms with Gasteiger partial charge in [-0.05, 0) is 35.4 Å². The van der Waals surface area contributed by atoms with E-state index in [0.717, 1.165) is 27.6 Å². The lowest BCUT2D eigenvalue weighted by Crippen LogP contribution is -2.30. The molecule has 0 unspecified atom stereocenters. The Morgan fingerprint density at radius 2 is 1.50 bits per heavy atom. The third-order valence-corrected chi connectivity index (χ3v) is 5.53. The molecule has 1 saturated heterocycles. The Balaban J connectivity index is 1.46. The molecule has 1 fully saturated rings. The van der Waals surface area contributed by atoms with E-state index in [-0.39, 0.29) is 24.0 Å². The summed E-state index contributed by atoms with van der Waals surface area (Å²) in [5.41, 5.74) is 3.91. The molecule has 5 rings (SSSR count). The van der Waals surface area contributed by atoms with E-state index in [1.807, 2.05) is 60.8 Å². The molecular weight excluding hydrogens is 405 g/mol. The molecule has 0 spiro atoms. The van der Waals surface area contributed by atoms with E-state index in [1.165, 1.54) is 17.0 Å². The maximum absolute atomic E-state index is 13.3. The van der Waals surface area contributed by atoms with Crippen molar-refractivity contribution in [3.05, 3.63) is 113 Å². The van der Waals surface area contributed by atoms with E-state index >= 15 is 0 Å². The number of benzene rings is 3. The van der Waals surface area contributed by atoms with E-state index in [9.17, 15) is 14.0 Å². The zero-order valence-electron chi connectivity index (χ0n) is 17.2. The SMILES string of the molecule is O=C1N/C(=C/c2cn(Cc3ccc(F)cc3)c3ccccc23)C(=O)N1Cc1ccccc1. The molecule has 32 heavy (non-hydrogen) atoms. The van der Waals surface area contributed by atoms with Crippen molar-refractivity contribution < 1.29 is 14.0 Å². The van der Waals surface area contributed by atoms with Gasteiger partial charge >= 0.3 is 6.03 Å². The van der Waals surface area contributed by atoms with E-state index in [0.29, 0.717) is 6.54 Å². The molecule has 0 radical (unpaired) electrons. The smallest absolute Gasteiger partial charge is 0.329 e. The van der Waals surface area contributed by atoms with Crippen LogP contribution in [0.15, 0.2) is 90.8 Å². The van der Waals surface area contributed by atoms with Gasteiger partial charge in [-0.15, -0.1) is 0 Å². The van der Waals surface area contributed by atoms with Crippen LogP contribution in [0.1, 0.15) is 16.7 Å². The van der Waals surface area contributed by atoms with Crippen LogP contribution >= 0.6 is 0 Å². The summed E-state index contributed by atoms with van der Waals surface area (Å²) in [6.45, 7) is 0.777. The van der Waals surface area contributed by atoms with Crippen LogP contribution in [0, 0.1) is 5.82 Å². The number of fused-ring (bicyclic) bond motifs is 1. The van der Waals surface area contributed by atoms with Gasteiger partial charge < -0.3 is 9.88 Å². The van der Waals surface area contributed by atoms with E-state index in [1.54, 1.807) is 18.2 Å². The Morgan fingerprint density at radius 3 is 2.28 bits per heavy atom. The van der Waals surface area contributed by atoms with E-state index in [2.05, 4.69) is 9.88 Å². The van der Waals surface area contributed by atoms with Crippen LogP contribution in [0.2, 0.25) is 0 Å². The minimum Gasteiger partial charge on any atom is -0.342 e. The monoisotopic (exact) mass is 425 g/mol. The quantitative estimate of drug-likeness (QED) is 0.364. The van der Waals surface area contributed by atoms with Crippen molar-refractivity contribution in [3.63, 3.8) is 0 Å². The molecule has 1 N–H and O–H groups in total.